The molecule has 3 rings (SSSR count). The summed E-state index contributed by atoms with van der Waals surface area (Å²) in [6, 6.07) is 25.7. The highest BCUT2D eigenvalue weighted by Gasteiger charge is 2.45. The number of hydrogen-bond acceptors (Lipinski definition) is 4. The van der Waals surface area contributed by atoms with Crippen LogP contribution in [0.1, 0.15) is 20.7 Å². The normalized spacial score (nSPS) is 11.1. The van der Waals surface area contributed by atoms with Gasteiger partial charge in [0, 0.05) is 16.0 Å². The maximum atomic E-state index is 13.0. The molecule has 0 saturated heterocycles. The van der Waals surface area contributed by atoms with Crippen molar-refractivity contribution in [2.45, 2.75) is 9.83 Å². The van der Waals surface area contributed by atoms with Crippen LogP contribution in [0.3, 0.4) is 0 Å². The highest BCUT2D eigenvalue weighted by molar-refractivity contribution is 8.02. The molecule has 3 nitrogen and oxygen atoms in total. The number of hydrogen-bond donors (Lipinski definition) is 1. The van der Waals surface area contributed by atoms with E-state index < -0.39 is 16.5 Å². The van der Waals surface area contributed by atoms with Crippen molar-refractivity contribution in [2.24, 2.45) is 0 Å². The lowest BCUT2D eigenvalue weighted by Gasteiger charge is -2.25. The third-order valence-corrected chi connectivity index (χ3v) is 4.87. The van der Waals surface area contributed by atoms with Crippen molar-refractivity contribution in [1.82, 2.24) is 0 Å². The Morgan fingerprint density at radius 2 is 1.00 bits per heavy atom. The molecule has 3 aromatic rings. The molecule has 0 atom stereocenters. The zero-order valence-corrected chi connectivity index (χ0v) is 14.1. The molecule has 0 fully saturated rings. The Hall–Kier alpha value is -2.69. The van der Waals surface area contributed by atoms with Gasteiger partial charge in [-0.05, 0) is 12.1 Å². The number of aliphatic hydroxyl groups is 1. The molecule has 0 bridgehead atoms. The molecule has 1 N–H and O–H groups in total. The molecule has 0 aliphatic heterocycles. The van der Waals surface area contributed by atoms with E-state index in [0.29, 0.717) is 4.90 Å². The van der Waals surface area contributed by atoms with Gasteiger partial charge in [0.2, 0.25) is 16.5 Å². The Morgan fingerprint density at radius 3 is 1.40 bits per heavy atom. The van der Waals surface area contributed by atoms with Crippen LogP contribution in [0.4, 0.5) is 0 Å². The van der Waals surface area contributed by atoms with Crippen molar-refractivity contribution in [1.29, 1.82) is 0 Å². The molecular formula is C21H16O3S. The number of thioether (sulfide) groups is 1. The van der Waals surface area contributed by atoms with E-state index in [1.165, 1.54) is 0 Å². The van der Waals surface area contributed by atoms with Crippen molar-refractivity contribution in [3.8, 4) is 0 Å². The first-order chi connectivity index (χ1) is 12.1. The van der Waals surface area contributed by atoms with Crippen molar-refractivity contribution in [3.63, 3.8) is 0 Å². The van der Waals surface area contributed by atoms with E-state index in [-0.39, 0.29) is 11.1 Å². The van der Waals surface area contributed by atoms with E-state index in [4.69, 9.17) is 0 Å². The number of ketones is 2. The van der Waals surface area contributed by atoms with Gasteiger partial charge in [-0.1, -0.05) is 90.6 Å². The van der Waals surface area contributed by atoms with Crippen LogP contribution in [0, 0.1) is 0 Å². The number of carbonyl (C=O) groups is 2. The number of benzene rings is 3. The van der Waals surface area contributed by atoms with Crippen LogP contribution in [-0.2, 0) is 0 Å². The van der Waals surface area contributed by atoms with Crippen LogP contribution >= 0.6 is 11.8 Å². The van der Waals surface area contributed by atoms with Gasteiger partial charge in [0.15, 0.2) is 0 Å². The van der Waals surface area contributed by atoms with Crippen LogP contribution in [0.15, 0.2) is 95.9 Å². The average molecular weight is 348 g/mol. The largest absolute Gasteiger partial charge is 0.366 e. The quantitative estimate of drug-likeness (QED) is 0.313. The van der Waals surface area contributed by atoms with Gasteiger partial charge < -0.3 is 5.11 Å². The Balaban J connectivity index is 2.04. The summed E-state index contributed by atoms with van der Waals surface area (Å²) in [5, 5.41) is 11.2. The molecular weight excluding hydrogens is 332 g/mol. The first-order valence-corrected chi connectivity index (χ1v) is 8.59. The topological polar surface area (TPSA) is 54.4 Å². The van der Waals surface area contributed by atoms with Crippen LogP contribution < -0.4 is 0 Å². The average Bonchev–Trinajstić information content (AvgIpc) is 2.69. The third-order valence-electron chi connectivity index (χ3n) is 3.70. The minimum Gasteiger partial charge on any atom is -0.366 e. The Kier molecular flexibility index (Phi) is 5.12. The SMILES string of the molecule is O=C(c1ccccc1)C(O)(Sc1ccccc1)C(=O)c1ccccc1. The van der Waals surface area contributed by atoms with Gasteiger partial charge in [-0.15, -0.1) is 0 Å². The van der Waals surface area contributed by atoms with Crippen LogP contribution in [0.5, 0.6) is 0 Å². The molecule has 0 saturated carbocycles. The summed E-state index contributed by atoms with van der Waals surface area (Å²) in [5.74, 6) is -1.26. The predicted octanol–water partition coefficient (Wildman–Crippen LogP) is 4.23. The summed E-state index contributed by atoms with van der Waals surface area (Å²) in [7, 11) is 0. The van der Waals surface area contributed by atoms with Crippen LogP contribution in [0.25, 0.3) is 0 Å². The smallest absolute Gasteiger partial charge is 0.242 e. The molecule has 0 aliphatic carbocycles. The van der Waals surface area contributed by atoms with Gasteiger partial charge in [-0.2, -0.15) is 0 Å². The van der Waals surface area contributed by atoms with Crippen molar-refractivity contribution in [2.75, 3.05) is 0 Å². The molecule has 0 radical (unpaired) electrons. The maximum Gasteiger partial charge on any atom is 0.242 e. The minimum atomic E-state index is -2.23. The molecule has 3 aromatic carbocycles. The van der Waals surface area contributed by atoms with Crippen LogP contribution in [0.2, 0.25) is 0 Å². The number of Topliss-reactive ketones (excluding diaryl/α,β-unsaturated/α-hetero) is 2. The van der Waals surface area contributed by atoms with E-state index in [9.17, 15) is 14.7 Å². The third kappa shape index (κ3) is 3.71. The lowest BCUT2D eigenvalue weighted by molar-refractivity contribution is 0.0554. The first-order valence-electron chi connectivity index (χ1n) is 7.77. The molecule has 0 aliphatic rings. The second-order valence-corrected chi connectivity index (χ2v) is 6.72. The molecule has 0 spiro atoms. The van der Waals surface area contributed by atoms with Gasteiger partial charge >= 0.3 is 0 Å². The van der Waals surface area contributed by atoms with Crippen LogP contribution in [-0.4, -0.2) is 21.6 Å². The fourth-order valence-electron chi connectivity index (χ4n) is 2.43. The number of rotatable bonds is 6. The number of carbonyl (C=O) groups excluding carboxylic acids is 2. The fraction of sp³-hybridized carbons (Fsp3) is 0.0476. The molecule has 0 amide bonds. The van der Waals surface area contributed by atoms with Crippen molar-refractivity contribution in [3.05, 3.63) is 102 Å². The molecule has 4 heteroatoms. The molecule has 0 aromatic heterocycles. The highest BCUT2D eigenvalue weighted by atomic mass is 32.2. The molecule has 0 unspecified atom stereocenters. The zero-order chi connectivity index (χ0) is 17.7. The summed E-state index contributed by atoms with van der Waals surface area (Å²) < 4.78 is 0. The molecule has 25 heavy (non-hydrogen) atoms. The fourth-order valence-corrected chi connectivity index (χ4v) is 3.48. The lowest BCUT2D eigenvalue weighted by atomic mass is 9.98. The van der Waals surface area contributed by atoms with Gasteiger partial charge in [-0.25, -0.2) is 0 Å². The van der Waals surface area contributed by atoms with E-state index in [1.807, 2.05) is 6.07 Å². The predicted molar refractivity (Wildman–Crippen MR) is 98.8 cm³/mol. The van der Waals surface area contributed by atoms with E-state index in [1.54, 1.807) is 84.9 Å². The Morgan fingerprint density at radius 1 is 0.640 bits per heavy atom. The highest BCUT2D eigenvalue weighted by Crippen LogP contribution is 2.36. The maximum absolute atomic E-state index is 13.0. The summed E-state index contributed by atoms with van der Waals surface area (Å²) in [6.45, 7) is 0. The monoisotopic (exact) mass is 348 g/mol. The van der Waals surface area contributed by atoms with E-state index in [0.717, 1.165) is 11.8 Å². The zero-order valence-electron chi connectivity index (χ0n) is 13.3. The van der Waals surface area contributed by atoms with Gasteiger partial charge in [-0.3, -0.25) is 9.59 Å². The van der Waals surface area contributed by atoms with Gasteiger partial charge in [0.05, 0.1) is 0 Å². The van der Waals surface area contributed by atoms with Crippen molar-refractivity contribution >= 4 is 23.3 Å². The van der Waals surface area contributed by atoms with Crippen molar-refractivity contribution < 1.29 is 14.7 Å². The second-order valence-electron chi connectivity index (χ2n) is 5.45. The van der Waals surface area contributed by atoms with Gasteiger partial charge in [0.1, 0.15) is 0 Å². The lowest BCUT2D eigenvalue weighted by Crippen LogP contribution is -2.43. The summed E-state index contributed by atoms with van der Waals surface area (Å²) in [4.78, 5) is 24.4. The Bertz CT molecular complexity index is 810. The summed E-state index contributed by atoms with van der Waals surface area (Å²) in [6.07, 6.45) is 0. The first kappa shape index (κ1) is 17.1. The summed E-state index contributed by atoms with van der Waals surface area (Å²) in [5.41, 5.74) is 0.579. The molecule has 0 heterocycles. The summed E-state index contributed by atoms with van der Waals surface area (Å²) >= 11 is 0.853. The van der Waals surface area contributed by atoms with E-state index >= 15 is 0 Å². The second kappa shape index (κ2) is 7.47. The van der Waals surface area contributed by atoms with E-state index in [2.05, 4.69) is 0 Å². The Labute approximate surface area is 150 Å². The standard InChI is InChI=1S/C21H16O3S/c22-19(16-10-4-1-5-11-16)21(24,25-18-14-8-3-9-15-18)20(23)17-12-6-2-7-13-17/h1-15,24H. The van der Waals surface area contributed by atoms with Gasteiger partial charge in [0.25, 0.3) is 0 Å². The molecule has 124 valence electrons. The minimum absolute atomic E-state index is 0.290.